The number of aliphatic hydroxyl groups is 1. The molecule has 0 amide bonds. The highest BCUT2D eigenvalue weighted by atomic mass is 16.8. The molecule has 80 valence electrons. The van der Waals surface area contributed by atoms with Gasteiger partial charge in [-0.25, -0.2) is 0 Å². The van der Waals surface area contributed by atoms with Crippen LogP contribution in [0.2, 0.25) is 0 Å². The van der Waals surface area contributed by atoms with Crippen LogP contribution >= 0.6 is 0 Å². The Labute approximate surface area is 84.7 Å². The van der Waals surface area contributed by atoms with Crippen molar-refractivity contribution in [1.82, 2.24) is 0 Å². The van der Waals surface area contributed by atoms with Crippen molar-refractivity contribution in [1.29, 1.82) is 0 Å². The lowest BCUT2D eigenvalue weighted by Crippen LogP contribution is -2.39. The molecule has 0 radical (unpaired) electrons. The van der Waals surface area contributed by atoms with Gasteiger partial charge in [-0.05, 0) is 32.8 Å². The smallest absolute Gasteiger partial charge is 0.164 e. The Bertz CT molecular complexity index is 282. The van der Waals surface area contributed by atoms with Crippen molar-refractivity contribution in [2.75, 3.05) is 0 Å². The normalized spacial score (nSPS) is 45.1. The van der Waals surface area contributed by atoms with Crippen LogP contribution in [0.4, 0.5) is 0 Å². The van der Waals surface area contributed by atoms with Crippen molar-refractivity contribution in [2.24, 2.45) is 0 Å². The third-order valence-corrected chi connectivity index (χ3v) is 3.11. The van der Waals surface area contributed by atoms with E-state index in [-0.39, 0.29) is 6.10 Å². The zero-order chi connectivity index (χ0) is 10.6. The van der Waals surface area contributed by atoms with E-state index in [9.17, 15) is 5.11 Å². The maximum absolute atomic E-state index is 9.82. The Morgan fingerprint density at radius 3 is 2.64 bits per heavy atom. The van der Waals surface area contributed by atoms with Crippen LogP contribution < -0.4 is 0 Å². The summed E-state index contributed by atoms with van der Waals surface area (Å²) < 4.78 is 11.6. The molecule has 1 fully saturated rings. The standard InChI is InChI=1S/C11H18O3/c1-5-7-6-8(12)9-11(7,4)14-10(2,3)13-9/h6,8-9,12H,5H2,1-4H3/t8-,9-,11+/m0/s1. The van der Waals surface area contributed by atoms with Crippen molar-refractivity contribution >= 4 is 0 Å². The topological polar surface area (TPSA) is 38.7 Å². The highest BCUT2D eigenvalue weighted by molar-refractivity contribution is 5.31. The molecular formula is C11H18O3. The first-order valence-corrected chi connectivity index (χ1v) is 5.16. The summed E-state index contributed by atoms with van der Waals surface area (Å²) in [6.07, 6.45) is 1.98. The lowest BCUT2D eigenvalue weighted by atomic mass is 9.94. The van der Waals surface area contributed by atoms with E-state index in [4.69, 9.17) is 9.47 Å². The predicted molar refractivity (Wildman–Crippen MR) is 52.8 cm³/mol. The summed E-state index contributed by atoms with van der Waals surface area (Å²) in [5.41, 5.74) is 0.707. The minimum Gasteiger partial charge on any atom is -0.386 e. The third-order valence-electron chi connectivity index (χ3n) is 3.11. The Morgan fingerprint density at radius 2 is 2.07 bits per heavy atom. The van der Waals surface area contributed by atoms with Gasteiger partial charge in [0.2, 0.25) is 0 Å². The first-order valence-electron chi connectivity index (χ1n) is 5.16. The Morgan fingerprint density at radius 1 is 1.43 bits per heavy atom. The first kappa shape index (κ1) is 10.1. The molecule has 2 aliphatic rings. The van der Waals surface area contributed by atoms with Gasteiger partial charge >= 0.3 is 0 Å². The molecule has 0 aromatic carbocycles. The maximum Gasteiger partial charge on any atom is 0.164 e. The van der Waals surface area contributed by atoms with Crippen molar-refractivity contribution < 1.29 is 14.6 Å². The molecule has 3 heteroatoms. The van der Waals surface area contributed by atoms with Crippen molar-refractivity contribution in [3.8, 4) is 0 Å². The second-order valence-electron chi connectivity index (χ2n) is 4.68. The van der Waals surface area contributed by atoms with Gasteiger partial charge in [-0.2, -0.15) is 0 Å². The Kier molecular flexibility index (Phi) is 2.04. The fourth-order valence-electron chi connectivity index (χ4n) is 2.58. The molecule has 1 N–H and O–H groups in total. The molecule has 0 bridgehead atoms. The van der Waals surface area contributed by atoms with Crippen molar-refractivity contribution in [3.05, 3.63) is 11.6 Å². The zero-order valence-corrected chi connectivity index (χ0v) is 9.20. The summed E-state index contributed by atoms with van der Waals surface area (Å²) in [5.74, 6) is -0.588. The molecular weight excluding hydrogens is 180 g/mol. The van der Waals surface area contributed by atoms with E-state index in [0.29, 0.717) is 0 Å². The number of rotatable bonds is 1. The quantitative estimate of drug-likeness (QED) is 0.650. The fourth-order valence-corrected chi connectivity index (χ4v) is 2.58. The number of aliphatic hydroxyl groups excluding tert-OH is 1. The monoisotopic (exact) mass is 198 g/mol. The maximum atomic E-state index is 9.82. The van der Waals surface area contributed by atoms with E-state index in [0.717, 1.165) is 12.0 Å². The van der Waals surface area contributed by atoms with Gasteiger partial charge in [-0.3, -0.25) is 0 Å². The summed E-state index contributed by atoms with van der Waals surface area (Å²) in [5, 5.41) is 9.82. The van der Waals surface area contributed by atoms with Crippen LogP contribution in [0.3, 0.4) is 0 Å². The molecule has 2 rings (SSSR count). The van der Waals surface area contributed by atoms with Crippen LogP contribution in [0.5, 0.6) is 0 Å². The van der Waals surface area contributed by atoms with Crippen LogP contribution in [-0.4, -0.2) is 28.7 Å². The Hall–Kier alpha value is -0.380. The van der Waals surface area contributed by atoms with Crippen molar-refractivity contribution in [3.63, 3.8) is 0 Å². The average molecular weight is 198 g/mol. The van der Waals surface area contributed by atoms with Gasteiger partial charge in [0.15, 0.2) is 5.79 Å². The molecule has 0 spiro atoms. The van der Waals surface area contributed by atoms with E-state index in [1.807, 2.05) is 26.8 Å². The second kappa shape index (κ2) is 2.81. The SMILES string of the molecule is CCC1=C[C@H](O)[C@@H]2OC(C)(C)O[C@]12C. The van der Waals surface area contributed by atoms with Gasteiger partial charge in [-0.1, -0.05) is 13.0 Å². The molecule has 0 unspecified atom stereocenters. The van der Waals surface area contributed by atoms with E-state index in [1.165, 1.54) is 0 Å². The highest BCUT2D eigenvalue weighted by Gasteiger charge is 2.57. The van der Waals surface area contributed by atoms with Gasteiger partial charge in [0.1, 0.15) is 17.8 Å². The van der Waals surface area contributed by atoms with Gasteiger partial charge in [0, 0.05) is 0 Å². The molecule has 0 saturated carbocycles. The van der Waals surface area contributed by atoms with Crippen LogP contribution in [-0.2, 0) is 9.47 Å². The van der Waals surface area contributed by atoms with Crippen molar-refractivity contribution in [2.45, 2.75) is 57.7 Å². The summed E-state index contributed by atoms with van der Waals surface area (Å²) in [6, 6.07) is 0. The average Bonchev–Trinajstić information content (AvgIpc) is 2.42. The molecule has 0 aromatic heterocycles. The van der Waals surface area contributed by atoms with Crippen LogP contribution in [0.25, 0.3) is 0 Å². The van der Waals surface area contributed by atoms with E-state index < -0.39 is 17.5 Å². The van der Waals surface area contributed by atoms with Crippen LogP contribution in [0, 0.1) is 0 Å². The van der Waals surface area contributed by atoms with Crippen LogP contribution in [0.1, 0.15) is 34.1 Å². The largest absolute Gasteiger partial charge is 0.386 e. The molecule has 14 heavy (non-hydrogen) atoms. The second-order valence-corrected chi connectivity index (χ2v) is 4.68. The lowest BCUT2D eigenvalue weighted by Gasteiger charge is -2.26. The third kappa shape index (κ3) is 1.23. The first-order chi connectivity index (χ1) is 6.39. The number of fused-ring (bicyclic) bond motifs is 1. The van der Waals surface area contributed by atoms with Gasteiger partial charge in [0.25, 0.3) is 0 Å². The molecule has 1 heterocycles. The number of hydrogen-bond donors (Lipinski definition) is 1. The molecule has 1 aliphatic carbocycles. The summed E-state index contributed by atoms with van der Waals surface area (Å²) in [4.78, 5) is 0. The minimum absolute atomic E-state index is 0.243. The van der Waals surface area contributed by atoms with E-state index in [2.05, 4.69) is 6.92 Å². The number of ether oxygens (including phenoxy) is 2. The summed E-state index contributed by atoms with van der Waals surface area (Å²) in [7, 11) is 0. The molecule has 3 atom stereocenters. The van der Waals surface area contributed by atoms with Crippen LogP contribution in [0.15, 0.2) is 11.6 Å². The van der Waals surface area contributed by atoms with Gasteiger partial charge < -0.3 is 14.6 Å². The number of hydrogen-bond acceptors (Lipinski definition) is 3. The molecule has 1 saturated heterocycles. The van der Waals surface area contributed by atoms with E-state index in [1.54, 1.807) is 0 Å². The summed E-state index contributed by atoms with van der Waals surface area (Å²) in [6.45, 7) is 7.84. The molecule has 3 nitrogen and oxygen atoms in total. The van der Waals surface area contributed by atoms with Gasteiger partial charge in [0.05, 0.1) is 0 Å². The predicted octanol–water partition coefficient (Wildman–Crippen LogP) is 1.61. The summed E-state index contributed by atoms with van der Waals surface area (Å²) >= 11 is 0. The lowest BCUT2D eigenvalue weighted by molar-refractivity contribution is -0.161. The minimum atomic E-state index is -0.588. The Balaban J connectivity index is 2.33. The van der Waals surface area contributed by atoms with Gasteiger partial charge in [-0.15, -0.1) is 0 Å². The highest BCUT2D eigenvalue weighted by Crippen LogP contribution is 2.47. The zero-order valence-electron chi connectivity index (χ0n) is 9.20. The fraction of sp³-hybridized carbons (Fsp3) is 0.818. The van der Waals surface area contributed by atoms with E-state index >= 15 is 0 Å². The molecule has 1 aliphatic heterocycles. The molecule has 0 aromatic rings.